The summed E-state index contributed by atoms with van der Waals surface area (Å²) in [5, 5.41) is 0.136. The molecular weight excluding hydrogens is 178 g/mol. The monoisotopic (exact) mass is 187 g/mol. The van der Waals surface area contributed by atoms with E-state index in [9.17, 15) is 4.79 Å². The minimum absolute atomic E-state index is 0.136. The molecule has 1 unspecified atom stereocenters. The summed E-state index contributed by atoms with van der Waals surface area (Å²) >= 11 is 5.57. The van der Waals surface area contributed by atoms with E-state index >= 15 is 0 Å². The van der Waals surface area contributed by atoms with Crippen molar-refractivity contribution >= 4 is 11.6 Å². The summed E-state index contributed by atoms with van der Waals surface area (Å²) in [4.78, 5) is 13.3. The van der Waals surface area contributed by atoms with Crippen molar-refractivity contribution in [1.29, 1.82) is 0 Å². The summed E-state index contributed by atoms with van der Waals surface area (Å²) in [6.45, 7) is 0.322. The number of rotatable bonds is 2. The van der Waals surface area contributed by atoms with Gasteiger partial charge in [0.2, 0.25) is 0 Å². The molecule has 0 aromatic carbocycles. The van der Waals surface area contributed by atoms with E-state index in [0.29, 0.717) is 6.54 Å². The average molecular weight is 188 g/mol. The van der Waals surface area contributed by atoms with E-state index in [1.165, 1.54) is 12.3 Å². The van der Waals surface area contributed by atoms with E-state index < -0.39 is 0 Å². The van der Waals surface area contributed by atoms with E-state index in [1.54, 1.807) is 0 Å². The molecule has 0 amide bonds. The summed E-state index contributed by atoms with van der Waals surface area (Å²) in [7, 11) is 0. The quantitative estimate of drug-likeness (QED) is 0.609. The van der Waals surface area contributed by atoms with Crippen molar-refractivity contribution in [3.05, 3.63) is 33.2 Å². The van der Waals surface area contributed by atoms with E-state index in [-0.39, 0.29) is 16.6 Å². The van der Waals surface area contributed by atoms with Crippen LogP contribution in [0, 0.1) is 0 Å². The predicted molar refractivity (Wildman–Crippen MR) is 48.1 cm³/mol. The molecule has 0 aliphatic heterocycles. The Morgan fingerprint density at radius 1 is 1.67 bits per heavy atom. The van der Waals surface area contributed by atoms with Gasteiger partial charge in [-0.2, -0.15) is 0 Å². The molecule has 66 valence electrons. The van der Waals surface area contributed by atoms with Gasteiger partial charge < -0.3 is 16.5 Å². The smallest absolute Gasteiger partial charge is 0.266 e. The lowest BCUT2D eigenvalue weighted by atomic mass is 10.1. The van der Waals surface area contributed by atoms with E-state index in [1.807, 2.05) is 0 Å². The zero-order valence-corrected chi connectivity index (χ0v) is 7.14. The summed E-state index contributed by atoms with van der Waals surface area (Å²) in [5.74, 6) is 0. The molecule has 1 aromatic rings. The highest BCUT2D eigenvalue weighted by molar-refractivity contribution is 6.30. The summed E-state index contributed by atoms with van der Waals surface area (Å²) in [6, 6.07) is 1.25. The summed E-state index contributed by atoms with van der Waals surface area (Å²) in [5.41, 5.74) is 11.4. The van der Waals surface area contributed by atoms with Gasteiger partial charge in [0, 0.05) is 18.8 Å². The van der Waals surface area contributed by atoms with E-state index in [0.717, 1.165) is 5.56 Å². The van der Waals surface area contributed by atoms with Crippen molar-refractivity contribution in [2.45, 2.75) is 6.04 Å². The lowest BCUT2D eigenvalue weighted by Crippen LogP contribution is -2.22. The van der Waals surface area contributed by atoms with Gasteiger partial charge in [0.1, 0.15) is 5.02 Å². The molecule has 0 spiro atoms. The second kappa shape index (κ2) is 3.71. The van der Waals surface area contributed by atoms with Gasteiger partial charge in [-0.3, -0.25) is 4.79 Å². The first kappa shape index (κ1) is 9.25. The Labute approximate surface area is 74.5 Å². The highest BCUT2D eigenvalue weighted by atomic mass is 35.5. The first-order valence-electron chi connectivity index (χ1n) is 3.49. The van der Waals surface area contributed by atoms with Crippen LogP contribution in [-0.2, 0) is 0 Å². The lowest BCUT2D eigenvalue weighted by molar-refractivity contribution is 0.732. The van der Waals surface area contributed by atoms with Crippen molar-refractivity contribution < 1.29 is 0 Å². The molecule has 4 nitrogen and oxygen atoms in total. The van der Waals surface area contributed by atoms with Crippen LogP contribution in [0.15, 0.2) is 17.1 Å². The highest BCUT2D eigenvalue weighted by Gasteiger charge is 2.05. The van der Waals surface area contributed by atoms with Crippen LogP contribution in [0.1, 0.15) is 11.6 Å². The van der Waals surface area contributed by atoms with Crippen LogP contribution in [0.2, 0.25) is 5.02 Å². The fourth-order valence-electron chi connectivity index (χ4n) is 0.822. The van der Waals surface area contributed by atoms with Crippen LogP contribution in [-0.4, -0.2) is 11.5 Å². The Morgan fingerprint density at radius 3 is 2.83 bits per heavy atom. The van der Waals surface area contributed by atoms with E-state index in [4.69, 9.17) is 23.1 Å². The molecule has 0 saturated carbocycles. The highest BCUT2D eigenvalue weighted by Crippen LogP contribution is 2.09. The molecule has 1 aromatic heterocycles. The Morgan fingerprint density at radius 2 is 2.33 bits per heavy atom. The standard InChI is InChI=1S/C7H10ClN3O/c8-5-1-4(6(10)2-9)3-11-7(5)12/h1,3,6H,2,9-10H2,(H,11,12). The maximum absolute atomic E-state index is 10.8. The Balaban J connectivity index is 3.04. The van der Waals surface area contributed by atoms with Crippen molar-refractivity contribution in [3.63, 3.8) is 0 Å². The maximum atomic E-state index is 10.8. The van der Waals surface area contributed by atoms with Gasteiger partial charge in [0.25, 0.3) is 5.56 Å². The largest absolute Gasteiger partial charge is 0.329 e. The Hall–Kier alpha value is -0.840. The van der Waals surface area contributed by atoms with Crippen molar-refractivity contribution in [2.75, 3.05) is 6.54 Å². The third-order valence-electron chi connectivity index (χ3n) is 1.56. The predicted octanol–water partition coefficient (Wildman–Crippen LogP) is -0.0132. The van der Waals surface area contributed by atoms with Crippen LogP contribution in [0.5, 0.6) is 0 Å². The van der Waals surface area contributed by atoms with Gasteiger partial charge in [0.05, 0.1) is 0 Å². The number of H-pyrrole nitrogens is 1. The minimum atomic E-state index is -0.315. The minimum Gasteiger partial charge on any atom is -0.329 e. The molecule has 1 rings (SSSR count). The molecule has 1 heterocycles. The average Bonchev–Trinajstić information content (AvgIpc) is 2.08. The molecule has 1 atom stereocenters. The topological polar surface area (TPSA) is 84.9 Å². The molecule has 0 aliphatic carbocycles. The number of nitrogens with two attached hydrogens (primary N) is 2. The second-order valence-electron chi connectivity index (χ2n) is 2.45. The number of aromatic nitrogens is 1. The van der Waals surface area contributed by atoms with Crippen LogP contribution < -0.4 is 17.0 Å². The molecule has 0 saturated heterocycles. The van der Waals surface area contributed by atoms with Crippen LogP contribution >= 0.6 is 11.6 Å². The molecule has 0 fully saturated rings. The van der Waals surface area contributed by atoms with Gasteiger partial charge in [-0.05, 0) is 11.6 Å². The number of hydrogen-bond donors (Lipinski definition) is 3. The van der Waals surface area contributed by atoms with Gasteiger partial charge >= 0.3 is 0 Å². The van der Waals surface area contributed by atoms with Crippen molar-refractivity contribution in [1.82, 2.24) is 4.98 Å². The Bertz CT molecular complexity index is 323. The summed E-state index contributed by atoms with van der Waals surface area (Å²) in [6.07, 6.45) is 1.52. The molecule has 0 aliphatic rings. The second-order valence-corrected chi connectivity index (χ2v) is 2.86. The normalized spacial score (nSPS) is 12.9. The zero-order valence-electron chi connectivity index (χ0n) is 6.38. The first-order chi connectivity index (χ1) is 5.65. The summed E-state index contributed by atoms with van der Waals surface area (Å²) < 4.78 is 0. The van der Waals surface area contributed by atoms with Crippen molar-refractivity contribution in [3.8, 4) is 0 Å². The molecule has 12 heavy (non-hydrogen) atoms. The molecule has 0 radical (unpaired) electrons. The van der Waals surface area contributed by atoms with Crippen molar-refractivity contribution in [2.24, 2.45) is 11.5 Å². The Kier molecular flexibility index (Phi) is 2.86. The number of hydrogen-bond acceptors (Lipinski definition) is 3. The molecule has 5 N–H and O–H groups in total. The SMILES string of the molecule is NCC(N)c1c[nH]c(=O)c(Cl)c1. The van der Waals surface area contributed by atoms with Crippen LogP contribution in [0.3, 0.4) is 0 Å². The van der Waals surface area contributed by atoms with E-state index in [2.05, 4.69) is 4.98 Å². The maximum Gasteiger partial charge on any atom is 0.266 e. The zero-order chi connectivity index (χ0) is 9.14. The lowest BCUT2D eigenvalue weighted by Gasteiger charge is -2.07. The van der Waals surface area contributed by atoms with Gasteiger partial charge in [0.15, 0.2) is 0 Å². The van der Waals surface area contributed by atoms with Gasteiger partial charge in [-0.1, -0.05) is 11.6 Å². The third kappa shape index (κ3) is 1.85. The molecule has 0 bridgehead atoms. The molecular formula is C7H10ClN3O. The van der Waals surface area contributed by atoms with Gasteiger partial charge in [-0.15, -0.1) is 0 Å². The number of pyridine rings is 1. The number of halogens is 1. The first-order valence-corrected chi connectivity index (χ1v) is 3.86. The van der Waals surface area contributed by atoms with Crippen LogP contribution in [0.4, 0.5) is 0 Å². The number of aromatic amines is 1. The fourth-order valence-corrected chi connectivity index (χ4v) is 1.00. The molecule has 5 heteroatoms. The third-order valence-corrected chi connectivity index (χ3v) is 1.84. The fraction of sp³-hybridized carbons (Fsp3) is 0.286. The number of nitrogens with one attached hydrogen (secondary N) is 1. The van der Waals surface area contributed by atoms with Gasteiger partial charge in [-0.25, -0.2) is 0 Å². The van der Waals surface area contributed by atoms with Crippen LogP contribution in [0.25, 0.3) is 0 Å².